The second-order valence-corrected chi connectivity index (χ2v) is 8.56. The van der Waals surface area contributed by atoms with Gasteiger partial charge in [-0.2, -0.15) is 5.10 Å². The predicted octanol–water partition coefficient (Wildman–Crippen LogP) is 3.27. The number of esters is 1. The van der Waals surface area contributed by atoms with E-state index in [4.69, 9.17) is 10.5 Å². The first-order valence-corrected chi connectivity index (χ1v) is 11.7. The zero-order valence-electron chi connectivity index (χ0n) is 20.0. The Morgan fingerprint density at radius 3 is 1.92 bits per heavy atom. The summed E-state index contributed by atoms with van der Waals surface area (Å²) in [5.41, 5.74) is 8.15. The van der Waals surface area contributed by atoms with Gasteiger partial charge in [-0.15, -0.1) is 0 Å². The highest BCUT2D eigenvalue weighted by atomic mass is 16.5. The Labute approximate surface area is 210 Å². The van der Waals surface area contributed by atoms with Crippen molar-refractivity contribution in [3.05, 3.63) is 102 Å². The molecule has 0 saturated heterocycles. The molecule has 2 amide bonds. The van der Waals surface area contributed by atoms with Gasteiger partial charge in [0.1, 0.15) is 11.8 Å². The van der Waals surface area contributed by atoms with Gasteiger partial charge in [-0.1, -0.05) is 78.9 Å². The molecule has 0 unspecified atom stereocenters. The van der Waals surface area contributed by atoms with Crippen molar-refractivity contribution in [3.63, 3.8) is 0 Å². The van der Waals surface area contributed by atoms with Crippen molar-refractivity contribution in [3.8, 4) is 0 Å². The van der Waals surface area contributed by atoms with Gasteiger partial charge in [-0.05, 0) is 30.2 Å². The summed E-state index contributed by atoms with van der Waals surface area (Å²) >= 11 is 0. The van der Waals surface area contributed by atoms with Crippen LogP contribution in [0.4, 0.5) is 5.69 Å². The van der Waals surface area contributed by atoms with Crippen molar-refractivity contribution < 1.29 is 19.1 Å². The van der Waals surface area contributed by atoms with E-state index in [9.17, 15) is 14.4 Å². The van der Waals surface area contributed by atoms with E-state index in [2.05, 4.69) is 5.10 Å². The number of hydrazone groups is 1. The summed E-state index contributed by atoms with van der Waals surface area (Å²) in [6.07, 6.45) is -1.05. The maximum Gasteiger partial charge on any atom is 0.355 e. The molecule has 1 aliphatic rings. The molecule has 3 aromatic rings. The van der Waals surface area contributed by atoms with Crippen LogP contribution in [0.25, 0.3) is 0 Å². The van der Waals surface area contributed by atoms with Crippen LogP contribution in [0.5, 0.6) is 0 Å². The number of primary amides is 1. The lowest BCUT2D eigenvalue weighted by atomic mass is 10.1. The molecule has 0 spiro atoms. The number of nitrogens with zero attached hydrogens (tertiary/aromatic N) is 3. The molecule has 0 radical (unpaired) electrons. The molecule has 0 saturated carbocycles. The Morgan fingerprint density at radius 2 is 1.42 bits per heavy atom. The molecule has 4 rings (SSSR count). The summed E-state index contributed by atoms with van der Waals surface area (Å²) in [5.74, 6) is -1.69. The molecule has 0 aliphatic carbocycles. The van der Waals surface area contributed by atoms with Gasteiger partial charge in [0.15, 0.2) is 6.10 Å². The van der Waals surface area contributed by atoms with Crippen LogP contribution in [0.2, 0.25) is 0 Å². The average Bonchev–Trinajstić information content (AvgIpc) is 3.36. The van der Waals surface area contributed by atoms with Crippen LogP contribution in [-0.2, 0) is 32.2 Å². The summed E-state index contributed by atoms with van der Waals surface area (Å²) in [7, 11) is 0. The Balaban J connectivity index is 1.48. The SMILES string of the molecule is C[C@@H](OC(=O)C1=NN(c2ccccc2)[C@@H](C(N)=O)C1)C(=O)N(Cc1ccccc1)Cc1ccccc1. The number of ether oxygens (including phenoxy) is 1. The molecule has 0 aromatic heterocycles. The van der Waals surface area contributed by atoms with Crippen molar-refractivity contribution in [1.29, 1.82) is 0 Å². The molecule has 0 fully saturated rings. The maximum atomic E-state index is 13.4. The molecule has 8 nitrogen and oxygen atoms in total. The molecule has 3 aromatic carbocycles. The van der Waals surface area contributed by atoms with E-state index in [1.54, 1.807) is 36.1 Å². The van der Waals surface area contributed by atoms with Crippen molar-refractivity contribution in [2.45, 2.75) is 38.6 Å². The number of hydrogen-bond donors (Lipinski definition) is 1. The van der Waals surface area contributed by atoms with Gasteiger partial charge in [0.2, 0.25) is 5.91 Å². The van der Waals surface area contributed by atoms with Crippen LogP contribution in [0.15, 0.2) is 96.1 Å². The Bertz CT molecular complexity index is 1190. The summed E-state index contributed by atoms with van der Waals surface area (Å²) in [4.78, 5) is 40.0. The highest BCUT2D eigenvalue weighted by Crippen LogP contribution is 2.25. The Kier molecular flexibility index (Phi) is 7.75. The molecular weight excluding hydrogens is 456 g/mol. The van der Waals surface area contributed by atoms with Gasteiger partial charge in [0.25, 0.3) is 5.91 Å². The Hall–Kier alpha value is -4.46. The fourth-order valence-electron chi connectivity index (χ4n) is 4.03. The number of anilines is 1. The highest BCUT2D eigenvalue weighted by Gasteiger charge is 2.37. The maximum absolute atomic E-state index is 13.4. The molecule has 184 valence electrons. The minimum absolute atomic E-state index is 0.00170. The third-order valence-electron chi connectivity index (χ3n) is 5.87. The van der Waals surface area contributed by atoms with Crippen molar-refractivity contribution in [2.75, 3.05) is 5.01 Å². The van der Waals surface area contributed by atoms with Crippen LogP contribution >= 0.6 is 0 Å². The fourth-order valence-corrected chi connectivity index (χ4v) is 4.03. The quantitative estimate of drug-likeness (QED) is 0.470. The number of rotatable bonds is 9. The lowest BCUT2D eigenvalue weighted by molar-refractivity contribution is -0.154. The highest BCUT2D eigenvalue weighted by molar-refractivity contribution is 6.38. The first-order chi connectivity index (χ1) is 17.4. The summed E-state index contributed by atoms with van der Waals surface area (Å²) < 4.78 is 5.53. The van der Waals surface area contributed by atoms with E-state index in [1.807, 2.05) is 66.7 Å². The van der Waals surface area contributed by atoms with Crippen LogP contribution in [-0.4, -0.2) is 40.5 Å². The fraction of sp³-hybridized carbons (Fsp3) is 0.214. The van der Waals surface area contributed by atoms with Crippen LogP contribution in [0, 0.1) is 0 Å². The topological polar surface area (TPSA) is 105 Å². The lowest BCUT2D eigenvalue weighted by Crippen LogP contribution is -2.41. The molecule has 1 aliphatic heterocycles. The molecule has 1 heterocycles. The minimum atomic E-state index is -1.05. The monoisotopic (exact) mass is 484 g/mol. The number of carbonyl (C=O) groups excluding carboxylic acids is 3. The van der Waals surface area contributed by atoms with E-state index < -0.39 is 24.0 Å². The third kappa shape index (κ3) is 5.96. The minimum Gasteiger partial charge on any atom is -0.448 e. The first kappa shape index (κ1) is 24.7. The van der Waals surface area contributed by atoms with Crippen LogP contribution < -0.4 is 10.7 Å². The van der Waals surface area contributed by atoms with Gasteiger partial charge in [-0.25, -0.2) is 4.79 Å². The van der Waals surface area contributed by atoms with Gasteiger partial charge in [0, 0.05) is 19.5 Å². The molecule has 36 heavy (non-hydrogen) atoms. The number of amides is 2. The predicted molar refractivity (Wildman–Crippen MR) is 137 cm³/mol. The van der Waals surface area contributed by atoms with Crippen LogP contribution in [0.3, 0.4) is 0 Å². The molecular formula is C28H28N4O4. The number of nitrogens with two attached hydrogens (primary N) is 1. The lowest BCUT2D eigenvalue weighted by Gasteiger charge is -2.26. The molecule has 2 atom stereocenters. The first-order valence-electron chi connectivity index (χ1n) is 11.7. The van der Waals surface area contributed by atoms with E-state index in [0.29, 0.717) is 18.8 Å². The average molecular weight is 485 g/mol. The second kappa shape index (κ2) is 11.3. The van der Waals surface area contributed by atoms with Gasteiger partial charge < -0.3 is 15.4 Å². The standard InChI is InChI=1S/C28H28N4O4/c1-20(27(34)31(18-21-11-5-2-6-12-21)19-22-13-7-3-8-14-22)36-28(35)24-17-25(26(29)33)32(30-24)23-15-9-4-10-16-23/h2-16,20,25H,17-19H2,1H3,(H2,29,33)/t20-,25-/m1/s1. The summed E-state index contributed by atoms with van der Waals surface area (Å²) in [6.45, 7) is 2.27. The molecule has 8 heteroatoms. The van der Waals surface area contributed by atoms with E-state index in [0.717, 1.165) is 11.1 Å². The number of para-hydroxylation sites is 1. The summed E-state index contributed by atoms with van der Waals surface area (Å²) in [6, 6.07) is 27.4. The van der Waals surface area contributed by atoms with Crippen molar-refractivity contribution in [1.82, 2.24) is 4.90 Å². The molecule has 0 bridgehead atoms. The van der Waals surface area contributed by atoms with Gasteiger partial charge in [-0.3, -0.25) is 14.6 Å². The third-order valence-corrected chi connectivity index (χ3v) is 5.87. The van der Waals surface area contributed by atoms with Crippen molar-refractivity contribution >= 4 is 29.2 Å². The zero-order chi connectivity index (χ0) is 25.5. The zero-order valence-corrected chi connectivity index (χ0v) is 20.0. The van der Waals surface area contributed by atoms with E-state index in [1.165, 1.54) is 5.01 Å². The van der Waals surface area contributed by atoms with E-state index in [-0.39, 0.29) is 18.0 Å². The van der Waals surface area contributed by atoms with E-state index >= 15 is 0 Å². The number of hydrogen-bond acceptors (Lipinski definition) is 6. The van der Waals surface area contributed by atoms with Gasteiger partial charge in [0.05, 0.1) is 5.69 Å². The number of carbonyl (C=O) groups is 3. The van der Waals surface area contributed by atoms with Gasteiger partial charge >= 0.3 is 5.97 Å². The number of benzene rings is 3. The normalized spacial score (nSPS) is 15.6. The molecule has 2 N–H and O–H groups in total. The van der Waals surface area contributed by atoms with Crippen LogP contribution in [0.1, 0.15) is 24.5 Å². The summed E-state index contributed by atoms with van der Waals surface area (Å²) in [5, 5.41) is 5.72. The second-order valence-electron chi connectivity index (χ2n) is 8.56. The largest absolute Gasteiger partial charge is 0.448 e. The van der Waals surface area contributed by atoms with Crippen molar-refractivity contribution in [2.24, 2.45) is 10.8 Å². The Morgan fingerprint density at radius 1 is 0.917 bits per heavy atom. The smallest absolute Gasteiger partial charge is 0.355 e.